The topological polar surface area (TPSA) is 88.9 Å². The molecule has 1 heterocycles. The normalized spacial score (nSPS) is 10.2. The number of rotatable bonds is 4. The van der Waals surface area contributed by atoms with Gasteiger partial charge in [-0.05, 0) is 12.1 Å². The smallest absolute Gasteiger partial charge is 0.272 e. The summed E-state index contributed by atoms with van der Waals surface area (Å²) in [5, 5.41) is 8.05. The Hall–Kier alpha value is -2.42. The minimum atomic E-state index is -0.717. The summed E-state index contributed by atoms with van der Waals surface area (Å²) in [6, 6.07) is 5.50. The van der Waals surface area contributed by atoms with Crippen molar-refractivity contribution in [1.82, 2.24) is 25.6 Å². The molecule has 0 aliphatic rings. The zero-order valence-corrected chi connectivity index (χ0v) is 11.9. The third-order valence-corrected chi connectivity index (χ3v) is 3.47. The molecule has 0 bridgehead atoms. The van der Waals surface area contributed by atoms with E-state index < -0.39 is 17.6 Å². The summed E-state index contributed by atoms with van der Waals surface area (Å²) in [7, 11) is 1.75. The first-order chi connectivity index (χ1) is 10.1. The molecular weight excluding hydrogens is 297 g/mol. The van der Waals surface area contributed by atoms with E-state index in [4.69, 9.17) is 0 Å². The van der Waals surface area contributed by atoms with Gasteiger partial charge in [-0.3, -0.25) is 20.4 Å². The zero-order chi connectivity index (χ0) is 15.2. The molecule has 0 unspecified atom stereocenters. The van der Waals surface area contributed by atoms with Gasteiger partial charge in [0.2, 0.25) is 5.91 Å². The standard InChI is InChI=1S/C12H12FN5O2S/c1-18-7-14-17-12(18)21-6-10(19)15-16-11(20)8-4-2-3-5-9(8)13/h2-5,7H,6H2,1H3,(H,15,19)(H,16,20). The van der Waals surface area contributed by atoms with Crippen molar-refractivity contribution in [3.8, 4) is 0 Å². The van der Waals surface area contributed by atoms with Crippen LogP contribution in [-0.2, 0) is 11.8 Å². The molecule has 1 aromatic heterocycles. The number of hydrogen-bond donors (Lipinski definition) is 2. The lowest BCUT2D eigenvalue weighted by molar-refractivity contribution is -0.119. The highest BCUT2D eigenvalue weighted by Gasteiger charge is 2.12. The third-order valence-electron chi connectivity index (χ3n) is 2.44. The predicted octanol–water partition coefficient (Wildman–Crippen LogP) is 0.507. The number of benzene rings is 1. The number of carbonyl (C=O) groups excluding carboxylic acids is 2. The molecule has 2 aromatic rings. The highest BCUT2D eigenvalue weighted by Crippen LogP contribution is 2.12. The van der Waals surface area contributed by atoms with Crippen LogP contribution in [0.5, 0.6) is 0 Å². The van der Waals surface area contributed by atoms with Gasteiger partial charge in [0.05, 0.1) is 11.3 Å². The molecule has 2 amide bonds. The van der Waals surface area contributed by atoms with Crippen LogP contribution in [0.4, 0.5) is 4.39 Å². The number of nitrogens with zero attached hydrogens (tertiary/aromatic N) is 3. The molecule has 21 heavy (non-hydrogen) atoms. The van der Waals surface area contributed by atoms with Gasteiger partial charge in [-0.25, -0.2) is 4.39 Å². The predicted molar refractivity (Wildman–Crippen MR) is 73.7 cm³/mol. The van der Waals surface area contributed by atoms with Crippen LogP contribution >= 0.6 is 11.8 Å². The number of hydrogen-bond acceptors (Lipinski definition) is 5. The molecule has 1 aromatic carbocycles. The summed E-state index contributed by atoms with van der Waals surface area (Å²) in [5.41, 5.74) is 4.22. The van der Waals surface area contributed by atoms with Gasteiger partial charge in [-0.1, -0.05) is 23.9 Å². The Labute approximate surface area is 123 Å². The van der Waals surface area contributed by atoms with Crippen LogP contribution in [-0.4, -0.2) is 32.3 Å². The molecule has 0 saturated carbocycles. The molecule has 0 fully saturated rings. The fourth-order valence-electron chi connectivity index (χ4n) is 1.41. The molecule has 0 radical (unpaired) electrons. The largest absolute Gasteiger partial charge is 0.312 e. The van der Waals surface area contributed by atoms with Gasteiger partial charge >= 0.3 is 0 Å². The maximum Gasteiger partial charge on any atom is 0.272 e. The van der Waals surface area contributed by atoms with E-state index >= 15 is 0 Å². The maximum atomic E-state index is 13.3. The van der Waals surface area contributed by atoms with Crippen LogP contribution in [0, 0.1) is 5.82 Å². The molecule has 0 spiro atoms. The molecule has 0 saturated heterocycles. The van der Waals surface area contributed by atoms with Crippen molar-refractivity contribution >= 4 is 23.6 Å². The Morgan fingerprint density at radius 3 is 2.76 bits per heavy atom. The zero-order valence-electron chi connectivity index (χ0n) is 11.0. The number of amides is 2. The molecule has 7 nitrogen and oxygen atoms in total. The number of aromatic nitrogens is 3. The van der Waals surface area contributed by atoms with Crippen LogP contribution in [0.2, 0.25) is 0 Å². The van der Waals surface area contributed by atoms with Crippen LogP contribution in [0.1, 0.15) is 10.4 Å². The summed E-state index contributed by atoms with van der Waals surface area (Å²) in [6.07, 6.45) is 1.51. The Bertz CT molecular complexity index is 661. The molecule has 0 aliphatic heterocycles. The van der Waals surface area contributed by atoms with Crippen molar-refractivity contribution in [3.63, 3.8) is 0 Å². The van der Waals surface area contributed by atoms with Crippen molar-refractivity contribution in [1.29, 1.82) is 0 Å². The van der Waals surface area contributed by atoms with Gasteiger partial charge in [-0.15, -0.1) is 10.2 Å². The van der Waals surface area contributed by atoms with Crippen LogP contribution < -0.4 is 10.9 Å². The van der Waals surface area contributed by atoms with Gasteiger partial charge in [0.1, 0.15) is 12.1 Å². The van der Waals surface area contributed by atoms with Gasteiger partial charge in [0, 0.05) is 7.05 Å². The lowest BCUT2D eigenvalue weighted by Crippen LogP contribution is -2.42. The molecular formula is C12H12FN5O2S. The maximum absolute atomic E-state index is 13.3. The highest BCUT2D eigenvalue weighted by molar-refractivity contribution is 7.99. The van der Waals surface area contributed by atoms with Crippen molar-refractivity contribution in [2.45, 2.75) is 5.16 Å². The second-order valence-electron chi connectivity index (χ2n) is 4.00. The SMILES string of the molecule is Cn1cnnc1SCC(=O)NNC(=O)c1ccccc1F. The average molecular weight is 309 g/mol. The van der Waals surface area contributed by atoms with E-state index in [0.29, 0.717) is 5.16 Å². The first kappa shape index (κ1) is 15.0. The van der Waals surface area contributed by atoms with E-state index in [0.717, 1.165) is 11.8 Å². The second-order valence-corrected chi connectivity index (χ2v) is 4.94. The van der Waals surface area contributed by atoms with Crippen molar-refractivity contribution in [2.24, 2.45) is 7.05 Å². The second kappa shape index (κ2) is 6.84. The Balaban J connectivity index is 1.80. The molecule has 2 rings (SSSR count). The molecule has 110 valence electrons. The number of halogens is 1. The lowest BCUT2D eigenvalue weighted by atomic mass is 10.2. The van der Waals surface area contributed by atoms with E-state index in [1.54, 1.807) is 11.6 Å². The number of nitrogens with one attached hydrogen (secondary N) is 2. The fourth-order valence-corrected chi connectivity index (χ4v) is 2.10. The van der Waals surface area contributed by atoms with E-state index in [9.17, 15) is 14.0 Å². The van der Waals surface area contributed by atoms with E-state index in [-0.39, 0.29) is 11.3 Å². The van der Waals surface area contributed by atoms with E-state index in [1.807, 2.05) is 0 Å². The minimum Gasteiger partial charge on any atom is -0.312 e. The van der Waals surface area contributed by atoms with Gasteiger partial charge in [0.15, 0.2) is 5.16 Å². The van der Waals surface area contributed by atoms with Crippen LogP contribution in [0.25, 0.3) is 0 Å². The Morgan fingerprint density at radius 2 is 2.10 bits per heavy atom. The van der Waals surface area contributed by atoms with Gasteiger partial charge in [-0.2, -0.15) is 0 Å². The van der Waals surface area contributed by atoms with Gasteiger partial charge < -0.3 is 4.57 Å². The fraction of sp³-hybridized carbons (Fsp3) is 0.167. The first-order valence-corrected chi connectivity index (χ1v) is 6.87. The average Bonchev–Trinajstić information content (AvgIpc) is 2.88. The van der Waals surface area contributed by atoms with Crippen molar-refractivity contribution in [2.75, 3.05) is 5.75 Å². The minimum absolute atomic E-state index is 0.0457. The van der Waals surface area contributed by atoms with Crippen LogP contribution in [0.3, 0.4) is 0 Å². The van der Waals surface area contributed by atoms with E-state index in [1.165, 1.54) is 30.6 Å². The third kappa shape index (κ3) is 4.02. The molecule has 0 aliphatic carbocycles. The monoisotopic (exact) mass is 309 g/mol. The lowest BCUT2D eigenvalue weighted by Gasteiger charge is -2.07. The number of aryl methyl sites for hydroxylation is 1. The highest BCUT2D eigenvalue weighted by atomic mass is 32.2. The summed E-state index contributed by atoms with van der Waals surface area (Å²) < 4.78 is 15.0. The number of thioether (sulfide) groups is 1. The van der Waals surface area contributed by atoms with E-state index in [2.05, 4.69) is 21.0 Å². The molecule has 2 N–H and O–H groups in total. The summed E-state index contributed by atoms with van der Waals surface area (Å²) in [4.78, 5) is 23.2. The number of carbonyl (C=O) groups is 2. The van der Waals surface area contributed by atoms with Crippen molar-refractivity contribution in [3.05, 3.63) is 42.0 Å². The van der Waals surface area contributed by atoms with Gasteiger partial charge in [0.25, 0.3) is 5.91 Å². The van der Waals surface area contributed by atoms with Crippen LogP contribution in [0.15, 0.2) is 35.7 Å². The first-order valence-electron chi connectivity index (χ1n) is 5.88. The number of hydrazine groups is 1. The summed E-state index contributed by atoms with van der Waals surface area (Å²) >= 11 is 1.16. The summed E-state index contributed by atoms with van der Waals surface area (Å²) in [5.74, 6) is -1.76. The Kier molecular flexibility index (Phi) is 4.88. The molecule has 0 atom stereocenters. The molecule has 9 heteroatoms. The quantitative estimate of drug-likeness (QED) is 0.634. The Morgan fingerprint density at radius 1 is 1.33 bits per heavy atom. The van der Waals surface area contributed by atoms with Crippen molar-refractivity contribution < 1.29 is 14.0 Å². The summed E-state index contributed by atoms with van der Waals surface area (Å²) in [6.45, 7) is 0.